The van der Waals surface area contributed by atoms with Crippen LogP contribution in [0.1, 0.15) is 6.92 Å². The Morgan fingerprint density at radius 1 is 1.00 bits per heavy atom. The number of hydrogen-bond donors (Lipinski definition) is 0. The first-order chi connectivity index (χ1) is 8.53. The Bertz CT molecular complexity index is 663. The van der Waals surface area contributed by atoms with Gasteiger partial charge < -0.3 is 0 Å². The molecule has 0 unspecified atom stereocenters. The van der Waals surface area contributed by atoms with E-state index in [2.05, 4.69) is 0 Å². The highest BCUT2D eigenvalue weighted by Crippen LogP contribution is 2.23. The third-order valence-corrected chi connectivity index (χ3v) is 4.46. The summed E-state index contributed by atoms with van der Waals surface area (Å²) in [5, 5.41) is 0. The van der Waals surface area contributed by atoms with Crippen molar-refractivity contribution in [1.82, 2.24) is 0 Å². The minimum absolute atomic E-state index is 0.0552. The lowest BCUT2D eigenvalue weighted by atomic mass is 10.1. The second-order valence-corrected chi connectivity index (χ2v) is 6.22. The molecule has 0 N–H and O–H groups in total. The predicted molar refractivity (Wildman–Crippen MR) is 69.6 cm³/mol. The van der Waals surface area contributed by atoms with Crippen molar-refractivity contribution in [1.29, 1.82) is 0 Å². The molecule has 4 heteroatoms. The zero-order valence-electron chi connectivity index (χ0n) is 9.93. The van der Waals surface area contributed by atoms with Crippen molar-refractivity contribution in [2.45, 2.75) is 11.8 Å². The summed E-state index contributed by atoms with van der Waals surface area (Å²) in [5.41, 5.74) is 1.37. The average molecular weight is 264 g/mol. The first-order valence-electron chi connectivity index (χ1n) is 5.61. The smallest absolute Gasteiger partial charge is 0.178 e. The first-order valence-corrected chi connectivity index (χ1v) is 7.27. The fraction of sp³-hybridized carbons (Fsp3) is 0.143. The predicted octanol–water partition coefficient (Wildman–Crippen LogP) is 3.29. The van der Waals surface area contributed by atoms with E-state index in [0.29, 0.717) is 11.1 Å². The van der Waals surface area contributed by atoms with E-state index in [4.69, 9.17) is 0 Å². The lowest BCUT2D eigenvalue weighted by Gasteiger charge is -2.05. The molecule has 0 amide bonds. The monoisotopic (exact) mass is 264 g/mol. The van der Waals surface area contributed by atoms with Crippen LogP contribution >= 0.6 is 0 Å². The third kappa shape index (κ3) is 2.59. The van der Waals surface area contributed by atoms with Crippen LogP contribution in [-0.4, -0.2) is 14.2 Å². The van der Waals surface area contributed by atoms with Crippen LogP contribution in [0.3, 0.4) is 0 Å². The number of sulfone groups is 1. The molecule has 0 fully saturated rings. The molecule has 0 saturated heterocycles. The Balaban J connectivity index is 2.52. The molecular formula is C14H13FO2S. The lowest BCUT2D eigenvalue weighted by Crippen LogP contribution is -2.03. The van der Waals surface area contributed by atoms with Gasteiger partial charge in [-0.3, -0.25) is 0 Å². The van der Waals surface area contributed by atoms with Crippen LogP contribution in [0.5, 0.6) is 0 Å². The normalized spacial score (nSPS) is 11.4. The Hall–Kier alpha value is -1.68. The molecule has 0 heterocycles. The maximum Gasteiger partial charge on any atom is 0.178 e. The molecule has 0 saturated carbocycles. The highest BCUT2D eigenvalue weighted by molar-refractivity contribution is 7.91. The molecule has 2 rings (SSSR count). The van der Waals surface area contributed by atoms with Crippen molar-refractivity contribution in [2.75, 3.05) is 5.75 Å². The Labute approximate surface area is 106 Å². The van der Waals surface area contributed by atoms with E-state index in [1.807, 2.05) is 0 Å². The van der Waals surface area contributed by atoms with Gasteiger partial charge in [-0.1, -0.05) is 31.2 Å². The fourth-order valence-electron chi connectivity index (χ4n) is 1.70. The molecule has 0 atom stereocenters. The van der Waals surface area contributed by atoms with E-state index in [-0.39, 0.29) is 16.5 Å². The van der Waals surface area contributed by atoms with E-state index in [9.17, 15) is 12.8 Å². The van der Waals surface area contributed by atoms with Gasteiger partial charge in [0, 0.05) is 0 Å². The van der Waals surface area contributed by atoms with Crippen LogP contribution in [0.25, 0.3) is 11.1 Å². The van der Waals surface area contributed by atoms with Gasteiger partial charge >= 0.3 is 0 Å². The third-order valence-electron chi connectivity index (χ3n) is 2.73. The van der Waals surface area contributed by atoms with E-state index in [1.165, 1.54) is 12.1 Å². The molecule has 0 aromatic heterocycles. The lowest BCUT2D eigenvalue weighted by molar-refractivity contribution is 0.597. The largest absolute Gasteiger partial charge is 0.224 e. The second kappa shape index (κ2) is 4.90. The summed E-state index contributed by atoms with van der Waals surface area (Å²) < 4.78 is 36.7. The summed E-state index contributed by atoms with van der Waals surface area (Å²) in [6.45, 7) is 1.60. The van der Waals surface area contributed by atoms with E-state index >= 15 is 0 Å². The van der Waals surface area contributed by atoms with Gasteiger partial charge in [0.15, 0.2) is 9.84 Å². The molecule has 0 radical (unpaired) electrons. The van der Waals surface area contributed by atoms with Crippen LogP contribution < -0.4 is 0 Å². The van der Waals surface area contributed by atoms with Crippen molar-refractivity contribution in [3.63, 3.8) is 0 Å². The SMILES string of the molecule is CCS(=O)(=O)c1cccc(-c2cccc(F)c2)c1. The van der Waals surface area contributed by atoms with Crippen molar-refractivity contribution in [2.24, 2.45) is 0 Å². The second-order valence-electron chi connectivity index (χ2n) is 3.94. The molecule has 2 aromatic rings. The zero-order valence-corrected chi connectivity index (χ0v) is 10.7. The van der Waals surface area contributed by atoms with Gasteiger partial charge in [0.25, 0.3) is 0 Å². The minimum atomic E-state index is -3.23. The van der Waals surface area contributed by atoms with Gasteiger partial charge in [-0.2, -0.15) is 0 Å². The number of halogens is 1. The van der Waals surface area contributed by atoms with Gasteiger partial charge in [0.1, 0.15) is 5.82 Å². The van der Waals surface area contributed by atoms with E-state index in [0.717, 1.165) is 0 Å². The summed E-state index contributed by atoms with van der Waals surface area (Å²) in [6, 6.07) is 12.7. The molecule has 0 aliphatic carbocycles. The number of rotatable bonds is 3. The quantitative estimate of drug-likeness (QED) is 0.852. The summed E-state index contributed by atoms with van der Waals surface area (Å²) in [6.07, 6.45) is 0. The Morgan fingerprint density at radius 2 is 1.61 bits per heavy atom. The summed E-state index contributed by atoms with van der Waals surface area (Å²) >= 11 is 0. The van der Waals surface area contributed by atoms with Gasteiger partial charge in [-0.15, -0.1) is 0 Å². The van der Waals surface area contributed by atoms with Crippen molar-refractivity contribution < 1.29 is 12.8 Å². The molecular weight excluding hydrogens is 251 g/mol. The van der Waals surface area contributed by atoms with E-state index < -0.39 is 9.84 Å². The van der Waals surface area contributed by atoms with Crippen molar-refractivity contribution in [3.8, 4) is 11.1 Å². The fourth-order valence-corrected chi connectivity index (χ4v) is 2.63. The van der Waals surface area contributed by atoms with Crippen LogP contribution in [0, 0.1) is 5.82 Å². The van der Waals surface area contributed by atoms with Gasteiger partial charge in [0.05, 0.1) is 10.6 Å². The van der Waals surface area contributed by atoms with Crippen LogP contribution in [0.2, 0.25) is 0 Å². The highest BCUT2D eigenvalue weighted by atomic mass is 32.2. The molecule has 0 spiro atoms. The number of benzene rings is 2. The molecule has 94 valence electrons. The maximum absolute atomic E-state index is 13.1. The maximum atomic E-state index is 13.1. The first kappa shape index (κ1) is 12.8. The zero-order chi connectivity index (χ0) is 13.2. The average Bonchev–Trinajstić information content (AvgIpc) is 2.39. The number of hydrogen-bond acceptors (Lipinski definition) is 2. The summed E-state index contributed by atoms with van der Waals surface area (Å²) in [7, 11) is -3.23. The molecule has 0 aliphatic heterocycles. The van der Waals surface area contributed by atoms with Crippen LogP contribution in [0.15, 0.2) is 53.4 Å². The standard InChI is InChI=1S/C14H13FO2S/c1-2-18(16,17)14-8-4-6-12(10-14)11-5-3-7-13(15)9-11/h3-10H,2H2,1H3. The Kier molecular flexibility index (Phi) is 3.48. The minimum Gasteiger partial charge on any atom is -0.224 e. The molecule has 2 aromatic carbocycles. The molecule has 2 nitrogen and oxygen atoms in total. The van der Waals surface area contributed by atoms with E-state index in [1.54, 1.807) is 43.3 Å². The topological polar surface area (TPSA) is 34.1 Å². The van der Waals surface area contributed by atoms with Gasteiger partial charge in [-0.25, -0.2) is 12.8 Å². The molecule has 0 bridgehead atoms. The Morgan fingerprint density at radius 3 is 2.22 bits per heavy atom. The highest BCUT2D eigenvalue weighted by Gasteiger charge is 2.12. The molecule has 0 aliphatic rings. The summed E-state index contributed by atoms with van der Waals surface area (Å²) in [5.74, 6) is -0.282. The summed E-state index contributed by atoms with van der Waals surface area (Å²) in [4.78, 5) is 0.270. The van der Waals surface area contributed by atoms with Crippen LogP contribution in [0.4, 0.5) is 4.39 Å². The van der Waals surface area contributed by atoms with Crippen LogP contribution in [-0.2, 0) is 9.84 Å². The van der Waals surface area contributed by atoms with Crippen molar-refractivity contribution in [3.05, 3.63) is 54.3 Å². The van der Waals surface area contributed by atoms with Gasteiger partial charge in [0.2, 0.25) is 0 Å². The van der Waals surface area contributed by atoms with Gasteiger partial charge in [-0.05, 0) is 35.4 Å². The molecule has 18 heavy (non-hydrogen) atoms. The van der Waals surface area contributed by atoms with Crippen molar-refractivity contribution >= 4 is 9.84 Å².